The number of imide groups is 2. The number of ether oxygens (including phenoxy) is 4. The summed E-state index contributed by atoms with van der Waals surface area (Å²) >= 11 is 6.17. The summed E-state index contributed by atoms with van der Waals surface area (Å²) < 4.78 is 22.3. The second kappa shape index (κ2) is 24.6. The smallest absolute Gasteiger partial charge is 0.264 e. The van der Waals surface area contributed by atoms with E-state index in [0.717, 1.165) is 21.8 Å². The van der Waals surface area contributed by atoms with Crippen LogP contribution in [-0.2, 0) is 38.1 Å². The third kappa shape index (κ3) is 12.7. The van der Waals surface area contributed by atoms with Gasteiger partial charge in [-0.2, -0.15) is 0 Å². The third-order valence-electron chi connectivity index (χ3n) is 12.3. The lowest BCUT2D eigenvalue weighted by molar-refractivity contribution is -0.136. The minimum Gasteiger partial charge on any atom is -0.387 e. The van der Waals surface area contributed by atoms with E-state index in [-0.39, 0.29) is 54.7 Å². The molecule has 3 aromatic rings. The van der Waals surface area contributed by atoms with Crippen LogP contribution >= 0.6 is 11.6 Å². The molecule has 4 heterocycles. The molecule has 21 heteroatoms. The maximum Gasteiger partial charge on any atom is 0.264 e. The van der Waals surface area contributed by atoms with Gasteiger partial charge in [-0.3, -0.25) is 39.0 Å². The summed E-state index contributed by atoms with van der Waals surface area (Å²) in [7, 11) is 0. The van der Waals surface area contributed by atoms with Crippen molar-refractivity contribution in [2.45, 2.75) is 56.6 Å². The van der Waals surface area contributed by atoms with Gasteiger partial charge >= 0.3 is 0 Å². The largest absolute Gasteiger partial charge is 0.387 e. The molecule has 4 atom stereocenters. The van der Waals surface area contributed by atoms with E-state index in [1.165, 1.54) is 6.33 Å². The van der Waals surface area contributed by atoms with E-state index >= 15 is 0 Å². The van der Waals surface area contributed by atoms with Gasteiger partial charge in [0.25, 0.3) is 11.8 Å². The zero-order valence-electron chi connectivity index (χ0n) is 38.2. The molecule has 0 saturated carbocycles. The van der Waals surface area contributed by atoms with Crippen LogP contribution in [0, 0.1) is 0 Å². The normalized spacial score (nSPS) is 19.5. The van der Waals surface area contributed by atoms with Crippen LogP contribution < -0.4 is 26.2 Å². The van der Waals surface area contributed by atoms with E-state index in [0.29, 0.717) is 121 Å². The number of piperazine rings is 1. The van der Waals surface area contributed by atoms with E-state index in [1.54, 1.807) is 30.3 Å². The molecule has 3 aliphatic heterocycles. The molecule has 4 aliphatic rings. The van der Waals surface area contributed by atoms with E-state index in [2.05, 4.69) is 43.1 Å². The van der Waals surface area contributed by atoms with Crippen LogP contribution in [0.4, 0.5) is 11.5 Å². The Bertz CT molecular complexity index is 2260. The number of hydrogen-bond donors (Lipinski definition) is 5. The molecule has 2 saturated heterocycles. The molecule has 0 bridgehead atoms. The van der Waals surface area contributed by atoms with Crippen LogP contribution in [0.25, 0.3) is 0 Å². The van der Waals surface area contributed by atoms with Crippen LogP contribution in [0.15, 0.2) is 48.8 Å². The standard InChI is InChI=1S/C47H60ClN9O11/c1-30-27-37(58)42-40(30)43(53-29-52-42)55-15-17-56(18-16-55)45(62)34(31-5-7-32(48)8-6-31)28-49-12-13-51-38(59)11-19-65-21-23-67-25-26-68-24-22-66-20-14-50-35-4-2-3-33-41(35)47(64)57(46(33)63)36-9-10-39(60)54-44(36)61/h2-8,29-30,34,36-37,49-50,58H,9-28H2,1H3,(H,51,59)(H,54,60,61)/t30-,34?,36?,37-/m1/s1. The maximum atomic E-state index is 14.0. The van der Waals surface area contributed by atoms with Crippen molar-refractivity contribution in [1.29, 1.82) is 0 Å². The first-order valence-corrected chi connectivity index (χ1v) is 23.6. The highest BCUT2D eigenvalue weighted by Crippen LogP contribution is 2.43. The highest BCUT2D eigenvalue weighted by atomic mass is 35.5. The van der Waals surface area contributed by atoms with Gasteiger partial charge in [0.15, 0.2) is 0 Å². The van der Waals surface area contributed by atoms with Gasteiger partial charge in [-0.15, -0.1) is 0 Å². The monoisotopic (exact) mass is 961 g/mol. The minimum atomic E-state index is -1.03. The molecule has 68 heavy (non-hydrogen) atoms. The maximum absolute atomic E-state index is 14.0. The number of carbonyl (C=O) groups excluding carboxylic acids is 6. The van der Waals surface area contributed by atoms with Crippen molar-refractivity contribution < 1.29 is 52.8 Å². The number of nitrogens with one attached hydrogen (secondary N) is 4. The number of piperidine rings is 1. The molecule has 1 aromatic heterocycles. The summed E-state index contributed by atoms with van der Waals surface area (Å²) in [4.78, 5) is 90.5. The second-order valence-electron chi connectivity index (χ2n) is 16.9. The summed E-state index contributed by atoms with van der Waals surface area (Å²) in [6, 6.07) is 11.2. The summed E-state index contributed by atoms with van der Waals surface area (Å²) in [6.07, 6.45) is 1.90. The molecule has 2 fully saturated rings. The molecule has 5 N–H and O–H groups in total. The lowest BCUT2D eigenvalue weighted by Crippen LogP contribution is -2.54. The Labute approximate surface area is 399 Å². The van der Waals surface area contributed by atoms with Gasteiger partial charge in [-0.25, -0.2) is 9.97 Å². The predicted octanol–water partition coefficient (Wildman–Crippen LogP) is 1.78. The van der Waals surface area contributed by atoms with E-state index in [4.69, 9.17) is 30.5 Å². The Hall–Kier alpha value is -5.61. The number of fused-ring (bicyclic) bond motifs is 2. The fourth-order valence-electron chi connectivity index (χ4n) is 8.83. The fourth-order valence-corrected chi connectivity index (χ4v) is 8.95. The molecule has 6 amide bonds. The molecule has 0 radical (unpaired) electrons. The number of hydrogen-bond acceptors (Lipinski definition) is 16. The number of rotatable bonds is 25. The molecular weight excluding hydrogens is 902 g/mol. The average Bonchev–Trinajstić information content (AvgIpc) is 3.78. The first-order chi connectivity index (χ1) is 33.0. The highest BCUT2D eigenvalue weighted by Gasteiger charge is 2.45. The summed E-state index contributed by atoms with van der Waals surface area (Å²) in [6.45, 7) is 8.60. The fraction of sp³-hybridized carbons (Fsp3) is 0.532. The van der Waals surface area contributed by atoms with E-state index in [1.807, 2.05) is 17.0 Å². The topological polar surface area (TPSA) is 243 Å². The summed E-state index contributed by atoms with van der Waals surface area (Å²) in [5.41, 5.74) is 3.41. The quantitative estimate of drug-likeness (QED) is 0.0601. The number of amides is 6. The van der Waals surface area contributed by atoms with Crippen LogP contribution in [0.5, 0.6) is 0 Å². The average molecular weight is 963 g/mol. The minimum absolute atomic E-state index is 0.0142. The Balaban J connectivity index is 0.691. The highest BCUT2D eigenvalue weighted by molar-refractivity contribution is 6.30. The number of halogens is 1. The van der Waals surface area contributed by atoms with Crippen LogP contribution in [0.3, 0.4) is 0 Å². The number of aromatic nitrogens is 2. The number of benzene rings is 2. The van der Waals surface area contributed by atoms with Gasteiger partial charge in [-0.05, 0) is 48.6 Å². The van der Waals surface area contributed by atoms with Gasteiger partial charge < -0.3 is 49.8 Å². The van der Waals surface area contributed by atoms with Crippen LogP contribution in [-0.4, -0.2) is 172 Å². The Kier molecular flexibility index (Phi) is 18.2. The van der Waals surface area contributed by atoms with E-state index in [9.17, 15) is 33.9 Å². The third-order valence-corrected chi connectivity index (χ3v) is 12.6. The Morgan fingerprint density at radius 2 is 1.54 bits per heavy atom. The number of aliphatic hydroxyl groups is 1. The van der Waals surface area contributed by atoms with Crippen molar-refractivity contribution in [3.63, 3.8) is 0 Å². The van der Waals surface area contributed by atoms with Crippen LogP contribution in [0.1, 0.15) is 88.1 Å². The van der Waals surface area contributed by atoms with Crippen molar-refractivity contribution >= 4 is 58.5 Å². The lowest BCUT2D eigenvalue weighted by atomic mass is 9.97. The number of aliphatic hydroxyl groups excluding tert-OH is 1. The van der Waals surface area contributed by atoms with Gasteiger partial charge in [0.2, 0.25) is 23.6 Å². The van der Waals surface area contributed by atoms with Gasteiger partial charge in [-0.1, -0.05) is 36.7 Å². The Morgan fingerprint density at radius 3 is 2.25 bits per heavy atom. The molecule has 2 unspecified atom stereocenters. The molecule has 366 valence electrons. The molecule has 7 rings (SSSR count). The zero-order chi connectivity index (χ0) is 48.0. The van der Waals surface area contributed by atoms with E-state index < -0.39 is 41.7 Å². The molecule has 2 aromatic carbocycles. The van der Waals surface area contributed by atoms with Crippen LogP contribution in [0.2, 0.25) is 5.02 Å². The summed E-state index contributed by atoms with van der Waals surface area (Å²) in [5, 5.41) is 22.6. The molecular formula is C47H60ClN9O11. The SMILES string of the molecule is C[C@@H]1C[C@@H](O)c2ncnc(N3CCN(C(=O)C(CNCCNC(=O)CCOCCOCCOCCOCCNc4cccc5c4C(=O)N(C4CCC(=O)NC4=O)C5=O)c4ccc(Cl)cc4)CC3)c21. The first-order valence-electron chi connectivity index (χ1n) is 23.2. The summed E-state index contributed by atoms with van der Waals surface area (Å²) in [5.74, 6) is -1.80. The second-order valence-corrected chi connectivity index (χ2v) is 17.4. The zero-order valence-corrected chi connectivity index (χ0v) is 39.0. The molecule has 1 aliphatic carbocycles. The Morgan fingerprint density at radius 1 is 0.853 bits per heavy atom. The van der Waals surface area contributed by atoms with Crippen molar-refractivity contribution in [2.75, 3.05) is 115 Å². The van der Waals surface area contributed by atoms with Gasteiger partial charge in [0.1, 0.15) is 18.2 Å². The van der Waals surface area contributed by atoms with Crippen molar-refractivity contribution in [3.8, 4) is 0 Å². The number of carbonyl (C=O) groups is 6. The van der Waals surface area contributed by atoms with Gasteiger partial charge in [0, 0.05) is 81.5 Å². The lowest BCUT2D eigenvalue weighted by Gasteiger charge is -2.38. The van der Waals surface area contributed by atoms with Crippen molar-refractivity contribution in [1.82, 2.24) is 35.7 Å². The number of anilines is 2. The van der Waals surface area contributed by atoms with Gasteiger partial charge in [0.05, 0.1) is 81.7 Å². The number of nitrogens with zero attached hydrogens (tertiary/aromatic N) is 5. The molecule has 0 spiro atoms. The predicted molar refractivity (Wildman–Crippen MR) is 248 cm³/mol. The first kappa shape index (κ1) is 50.3. The van der Waals surface area contributed by atoms with Crippen molar-refractivity contribution in [2.24, 2.45) is 0 Å². The molecule has 20 nitrogen and oxygen atoms in total. The van der Waals surface area contributed by atoms with Crippen molar-refractivity contribution in [3.05, 3.63) is 81.8 Å².